The van der Waals surface area contributed by atoms with Crippen LogP contribution in [0.4, 0.5) is 0 Å². The Morgan fingerprint density at radius 2 is 1.90 bits per heavy atom. The molecule has 0 radical (unpaired) electrons. The van der Waals surface area contributed by atoms with Crippen LogP contribution in [-0.4, -0.2) is 49.6 Å². The van der Waals surface area contributed by atoms with E-state index < -0.39 is 0 Å². The highest BCUT2D eigenvalue weighted by atomic mass is 16.5. The molecule has 2 aromatic carbocycles. The van der Waals surface area contributed by atoms with E-state index in [0.29, 0.717) is 6.04 Å². The number of nitrogens with zero attached hydrogens (tertiary/aromatic N) is 2. The Kier molecular flexibility index (Phi) is 6.52. The van der Waals surface area contributed by atoms with Gasteiger partial charge in [0.15, 0.2) is 12.6 Å². The molecule has 1 amide bonds. The Morgan fingerprint density at radius 3 is 2.63 bits per heavy atom. The molecule has 1 aliphatic heterocycles. The Labute approximate surface area is 178 Å². The molecule has 0 spiro atoms. The molecule has 4 rings (SSSR count). The second kappa shape index (κ2) is 9.65. The fourth-order valence-electron chi connectivity index (χ4n) is 3.73. The van der Waals surface area contributed by atoms with Crippen LogP contribution in [0, 0.1) is 0 Å². The minimum atomic E-state index is -0.0440. The Hall–Kier alpha value is -3.02. The maximum atomic E-state index is 11.7. The molecule has 2 aliphatic rings. The Balaban J connectivity index is 1.21. The van der Waals surface area contributed by atoms with Crippen molar-refractivity contribution in [2.45, 2.75) is 38.3 Å². The number of guanidine groups is 1. The first-order chi connectivity index (χ1) is 14.7. The van der Waals surface area contributed by atoms with E-state index in [1.807, 2.05) is 19.2 Å². The number of carbonyl (C=O) groups excluding carboxylic acids is 1. The summed E-state index contributed by atoms with van der Waals surface area (Å²) in [5.74, 6) is 1.63. The van der Waals surface area contributed by atoms with Crippen molar-refractivity contribution in [3.63, 3.8) is 0 Å². The number of aliphatic imine (C=N–C) groups is 1. The number of hydrogen-bond donors (Lipinski definition) is 2. The monoisotopic (exact) mass is 406 g/mol. The lowest BCUT2D eigenvalue weighted by Gasteiger charge is -2.31. The number of rotatable bonds is 7. The third kappa shape index (κ3) is 5.53. The van der Waals surface area contributed by atoms with E-state index in [9.17, 15) is 4.79 Å². The molecular weight excluding hydrogens is 376 g/mol. The van der Waals surface area contributed by atoms with Gasteiger partial charge in [0.05, 0.1) is 0 Å². The summed E-state index contributed by atoms with van der Waals surface area (Å²) in [5.41, 5.74) is 4.04. The fourth-order valence-corrected chi connectivity index (χ4v) is 3.73. The average Bonchev–Trinajstić information content (AvgIpc) is 3.60. The predicted molar refractivity (Wildman–Crippen MR) is 119 cm³/mol. The Bertz CT molecular complexity index is 890. The van der Waals surface area contributed by atoms with Crippen molar-refractivity contribution >= 4 is 11.9 Å². The van der Waals surface area contributed by atoms with E-state index in [1.54, 1.807) is 0 Å². The molecular formula is C24H30N4O2. The zero-order valence-electron chi connectivity index (χ0n) is 17.6. The van der Waals surface area contributed by atoms with E-state index in [1.165, 1.54) is 16.7 Å². The molecule has 6 heteroatoms. The smallest absolute Gasteiger partial charge is 0.258 e. The molecule has 0 unspecified atom stereocenters. The van der Waals surface area contributed by atoms with Gasteiger partial charge in [-0.1, -0.05) is 36.4 Å². The maximum absolute atomic E-state index is 11.7. The number of fused-ring (bicyclic) bond motifs is 1. The number of benzene rings is 2. The number of amides is 1. The van der Waals surface area contributed by atoms with E-state index in [4.69, 9.17) is 4.74 Å². The van der Waals surface area contributed by atoms with Crippen LogP contribution in [0.1, 0.15) is 29.5 Å². The topological polar surface area (TPSA) is 66.0 Å². The summed E-state index contributed by atoms with van der Waals surface area (Å²) in [6.45, 7) is 2.77. The fraction of sp³-hybridized carbons (Fsp3) is 0.417. The van der Waals surface area contributed by atoms with Crippen LogP contribution in [-0.2, 0) is 24.2 Å². The van der Waals surface area contributed by atoms with Gasteiger partial charge in [0.2, 0.25) is 0 Å². The normalized spacial score (nSPS) is 16.0. The average molecular weight is 407 g/mol. The van der Waals surface area contributed by atoms with Gasteiger partial charge < -0.3 is 20.3 Å². The van der Waals surface area contributed by atoms with Crippen LogP contribution in [0.5, 0.6) is 5.75 Å². The molecule has 158 valence electrons. The summed E-state index contributed by atoms with van der Waals surface area (Å²) in [7, 11) is 1.84. The van der Waals surface area contributed by atoms with Gasteiger partial charge in [-0.2, -0.15) is 0 Å². The highest BCUT2D eigenvalue weighted by Gasteiger charge is 2.23. The Morgan fingerprint density at radius 1 is 1.13 bits per heavy atom. The van der Waals surface area contributed by atoms with Crippen molar-refractivity contribution in [3.8, 4) is 5.75 Å². The first-order valence-electron chi connectivity index (χ1n) is 10.7. The molecule has 1 saturated carbocycles. The van der Waals surface area contributed by atoms with Gasteiger partial charge in [-0.15, -0.1) is 0 Å². The van der Waals surface area contributed by atoms with E-state index in [0.717, 1.165) is 57.0 Å². The van der Waals surface area contributed by atoms with E-state index in [-0.39, 0.29) is 12.5 Å². The summed E-state index contributed by atoms with van der Waals surface area (Å²) in [6, 6.07) is 17.0. The first kappa shape index (κ1) is 20.3. The number of hydrogen-bond acceptors (Lipinski definition) is 3. The molecule has 1 aliphatic carbocycles. The van der Waals surface area contributed by atoms with Crippen molar-refractivity contribution < 1.29 is 9.53 Å². The van der Waals surface area contributed by atoms with Gasteiger partial charge in [-0.05, 0) is 54.5 Å². The largest absolute Gasteiger partial charge is 0.484 e. The summed E-state index contributed by atoms with van der Waals surface area (Å²) >= 11 is 0. The minimum Gasteiger partial charge on any atom is -0.484 e. The lowest BCUT2D eigenvalue weighted by Crippen LogP contribution is -2.44. The van der Waals surface area contributed by atoms with Crippen LogP contribution in [0.25, 0.3) is 0 Å². The van der Waals surface area contributed by atoms with Crippen molar-refractivity contribution in [2.75, 3.05) is 26.7 Å². The van der Waals surface area contributed by atoms with Gasteiger partial charge in [0.25, 0.3) is 5.91 Å². The van der Waals surface area contributed by atoms with Crippen LogP contribution in [0.3, 0.4) is 0 Å². The van der Waals surface area contributed by atoms with Crippen molar-refractivity contribution in [1.29, 1.82) is 0 Å². The molecule has 0 saturated heterocycles. The van der Waals surface area contributed by atoms with E-state index >= 15 is 0 Å². The lowest BCUT2D eigenvalue weighted by atomic mass is 10.0. The van der Waals surface area contributed by atoms with Gasteiger partial charge in [0, 0.05) is 32.7 Å². The van der Waals surface area contributed by atoms with Crippen molar-refractivity contribution in [2.24, 2.45) is 4.99 Å². The highest BCUT2D eigenvalue weighted by Crippen LogP contribution is 2.19. The van der Waals surface area contributed by atoms with Gasteiger partial charge in [0.1, 0.15) is 5.75 Å². The van der Waals surface area contributed by atoms with Gasteiger partial charge in [-0.3, -0.25) is 9.79 Å². The van der Waals surface area contributed by atoms with Crippen molar-refractivity contribution in [1.82, 2.24) is 15.5 Å². The third-order valence-electron chi connectivity index (χ3n) is 5.57. The molecule has 0 aromatic heterocycles. The molecule has 0 bridgehead atoms. The number of carbonyl (C=O) groups is 1. The lowest BCUT2D eigenvalue weighted by molar-refractivity contribution is -0.123. The zero-order valence-corrected chi connectivity index (χ0v) is 17.6. The number of nitrogens with one attached hydrogen (secondary N) is 2. The summed E-state index contributed by atoms with van der Waals surface area (Å²) < 4.78 is 5.57. The molecule has 6 nitrogen and oxygen atoms in total. The minimum absolute atomic E-state index is 0.0440. The number of ether oxygens (including phenoxy) is 1. The highest BCUT2D eigenvalue weighted by molar-refractivity contribution is 5.80. The van der Waals surface area contributed by atoms with Crippen LogP contribution < -0.4 is 15.4 Å². The maximum Gasteiger partial charge on any atom is 0.258 e. The second-order valence-corrected chi connectivity index (χ2v) is 7.94. The molecule has 2 N–H and O–H groups in total. The summed E-state index contributed by atoms with van der Waals surface area (Å²) in [5, 5.41) is 6.41. The van der Waals surface area contributed by atoms with E-state index in [2.05, 4.69) is 56.9 Å². The van der Waals surface area contributed by atoms with Crippen LogP contribution >= 0.6 is 0 Å². The first-order valence-corrected chi connectivity index (χ1v) is 10.7. The SMILES string of the molecule is CN=C(NCCc1ccc(OCC(=O)NC2CC2)cc1)N1CCc2ccccc2C1. The molecule has 1 heterocycles. The standard InChI is InChI=1S/C24H30N4O2/c1-25-24(28-15-13-19-4-2-3-5-20(19)16-28)26-14-12-18-6-10-22(11-7-18)30-17-23(29)27-21-8-9-21/h2-7,10-11,21H,8-9,12-17H2,1H3,(H,25,26)(H,27,29). The molecule has 30 heavy (non-hydrogen) atoms. The quantitative estimate of drug-likeness (QED) is 0.548. The van der Waals surface area contributed by atoms with Crippen molar-refractivity contribution in [3.05, 3.63) is 65.2 Å². The summed E-state index contributed by atoms with van der Waals surface area (Å²) in [4.78, 5) is 18.5. The summed E-state index contributed by atoms with van der Waals surface area (Å²) in [6.07, 6.45) is 4.12. The van der Waals surface area contributed by atoms with Gasteiger partial charge >= 0.3 is 0 Å². The predicted octanol–water partition coefficient (Wildman–Crippen LogP) is 2.52. The molecule has 1 fully saturated rings. The second-order valence-electron chi connectivity index (χ2n) is 7.94. The zero-order chi connectivity index (χ0) is 20.8. The van der Waals surface area contributed by atoms with Crippen LogP contribution in [0.2, 0.25) is 0 Å². The van der Waals surface area contributed by atoms with Crippen LogP contribution in [0.15, 0.2) is 53.5 Å². The third-order valence-corrected chi connectivity index (χ3v) is 5.57. The molecule has 2 aromatic rings. The van der Waals surface area contributed by atoms with Gasteiger partial charge in [-0.25, -0.2) is 0 Å². The molecule has 0 atom stereocenters.